The number of benzene rings is 2. The van der Waals surface area contributed by atoms with Gasteiger partial charge in [-0.05, 0) is 43.7 Å². The lowest BCUT2D eigenvalue weighted by Crippen LogP contribution is -2.04. The van der Waals surface area contributed by atoms with Gasteiger partial charge in [0.1, 0.15) is 6.33 Å². The molecule has 0 saturated heterocycles. The van der Waals surface area contributed by atoms with Gasteiger partial charge < -0.3 is 0 Å². The van der Waals surface area contributed by atoms with Crippen LogP contribution in [-0.2, 0) is 6.54 Å². The van der Waals surface area contributed by atoms with E-state index in [1.807, 2.05) is 48.0 Å². The molecule has 0 unspecified atom stereocenters. The van der Waals surface area contributed by atoms with E-state index in [-0.39, 0.29) is 0 Å². The van der Waals surface area contributed by atoms with E-state index in [1.165, 1.54) is 5.56 Å². The van der Waals surface area contributed by atoms with E-state index in [4.69, 9.17) is 4.98 Å². The minimum atomic E-state index is 0.698. The fraction of sp³-hybridized carbons (Fsp3) is 0.143. The van der Waals surface area contributed by atoms with Crippen LogP contribution in [0.25, 0.3) is 27.9 Å². The fourth-order valence-electron chi connectivity index (χ4n) is 3.42. The van der Waals surface area contributed by atoms with Gasteiger partial charge in [0.05, 0.1) is 17.8 Å². The third-order valence-corrected chi connectivity index (χ3v) is 4.70. The molecule has 5 rings (SSSR count). The van der Waals surface area contributed by atoms with Crippen LogP contribution in [0.4, 0.5) is 0 Å². The molecule has 3 heterocycles. The quantitative estimate of drug-likeness (QED) is 0.494. The van der Waals surface area contributed by atoms with Gasteiger partial charge in [-0.2, -0.15) is 5.10 Å². The first-order chi connectivity index (χ1) is 13.2. The Morgan fingerprint density at radius 2 is 1.81 bits per heavy atom. The zero-order valence-electron chi connectivity index (χ0n) is 15.2. The first-order valence-corrected chi connectivity index (χ1v) is 8.88. The summed E-state index contributed by atoms with van der Waals surface area (Å²) >= 11 is 0. The standard InChI is InChI=1S/C21H18N6/c1-14-10-15(2)26(24-14)12-16-6-5-7-17(11-16)20-23-21-18-8-3-4-9-19(18)22-13-27(21)25-20/h3-11,13H,12H2,1-2H3. The van der Waals surface area contributed by atoms with Crippen LogP contribution in [0, 0.1) is 13.8 Å². The molecule has 132 valence electrons. The van der Waals surface area contributed by atoms with Gasteiger partial charge in [-0.15, -0.1) is 5.10 Å². The van der Waals surface area contributed by atoms with Crippen molar-refractivity contribution in [2.75, 3.05) is 0 Å². The molecular weight excluding hydrogens is 336 g/mol. The summed E-state index contributed by atoms with van der Waals surface area (Å²) in [6.07, 6.45) is 1.72. The van der Waals surface area contributed by atoms with Crippen molar-refractivity contribution in [1.82, 2.24) is 29.4 Å². The lowest BCUT2D eigenvalue weighted by molar-refractivity contribution is 0.659. The van der Waals surface area contributed by atoms with E-state index in [2.05, 4.69) is 40.3 Å². The smallest absolute Gasteiger partial charge is 0.182 e. The van der Waals surface area contributed by atoms with Gasteiger partial charge in [-0.1, -0.05) is 30.3 Å². The number of fused-ring (bicyclic) bond motifs is 3. The molecular formula is C21H18N6. The van der Waals surface area contributed by atoms with E-state index in [1.54, 1.807) is 10.8 Å². The molecule has 0 aliphatic carbocycles. The fourth-order valence-corrected chi connectivity index (χ4v) is 3.42. The topological polar surface area (TPSA) is 60.9 Å². The van der Waals surface area contributed by atoms with Crippen LogP contribution >= 0.6 is 0 Å². The maximum atomic E-state index is 4.77. The Balaban J connectivity index is 1.56. The molecule has 6 nitrogen and oxygen atoms in total. The zero-order chi connectivity index (χ0) is 18.4. The van der Waals surface area contributed by atoms with Crippen molar-refractivity contribution in [3.63, 3.8) is 0 Å². The molecule has 0 aliphatic rings. The van der Waals surface area contributed by atoms with Crippen molar-refractivity contribution in [3.05, 3.63) is 77.9 Å². The van der Waals surface area contributed by atoms with Gasteiger partial charge in [-0.25, -0.2) is 14.5 Å². The lowest BCUT2D eigenvalue weighted by Gasteiger charge is -2.05. The minimum absolute atomic E-state index is 0.698. The van der Waals surface area contributed by atoms with Gasteiger partial charge in [0.15, 0.2) is 11.5 Å². The van der Waals surface area contributed by atoms with Crippen molar-refractivity contribution in [1.29, 1.82) is 0 Å². The van der Waals surface area contributed by atoms with Crippen LogP contribution in [0.5, 0.6) is 0 Å². The van der Waals surface area contributed by atoms with E-state index in [9.17, 15) is 0 Å². The summed E-state index contributed by atoms with van der Waals surface area (Å²) in [6.45, 7) is 4.82. The first-order valence-electron chi connectivity index (χ1n) is 8.88. The molecule has 3 aromatic heterocycles. The summed E-state index contributed by atoms with van der Waals surface area (Å²) in [4.78, 5) is 9.22. The number of hydrogen-bond acceptors (Lipinski definition) is 4. The molecule has 5 aromatic rings. The summed E-state index contributed by atoms with van der Waals surface area (Å²) < 4.78 is 3.76. The third kappa shape index (κ3) is 2.75. The van der Waals surface area contributed by atoms with E-state index < -0.39 is 0 Å². The number of nitrogens with zero attached hydrogens (tertiary/aromatic N) is 6. The summed E-state index contributed by atoms with van der Waals surface area (Å²) in [6, 6.07) is 18.4. The maximum Gasteiger partial charge on any atom is 0.182 e. The Morgan fingerprint density at radius 1 is 0.926 bits per heavy atom. The molecule has 0 N–H and O–H groups in total. The molecule has 2 aromatic carbocycles. The van der Waals surface area contributed by atoms with Crippen molar-refractivity contribution >= 4 is 16.6 Å². The Bertz CT molecular complexity index is 1280. The second-order valence-electron chi connectivity index (χ2n) is 6.75. The normalized spacial score (nSPS) is 11.5. The predicted molar refractivity (Wildman–Crippen MR) is 105 cm³/mol. The Morgan fingerprint density at radius 3 is 2.67 bits per heavy atom. The van der Waals surface area contributed by atoms with Crippen LogP contribution in [0.15, 0.2) is 60.9 Å². The van der Waals surface area contributed by atoms with E-state index in [0.717, 1.165) is 40.0 Å². The highest BCUT2D eigenvalue weighted by atomic mass is 15.3. The van der Waals surface area contributed by atoms with Gasteiger partial charge in [-0.3, -0.25) is 4.68 Å². The maximum absolute atomic E-state index is 4.77. The molecule has 0 spiro atoms. The van der Waals surface area contributed by atoms with E-state index in [0.29, 0.717) is 5.82 Å². The second-order valence-corrected chi connectivity index (χ2v) is 6.75. The number of hydrogen-bond donors (Lipinski definition) is 0. The zero-order valence-corrected chi connectivity index (χ0v) is 15.2. The molecule has 0 bridgehead atoms. The molecule has 0 atom stereocenters. The highest BCUT2D eigenvalue weighted by molar-refractivity contribution is 5.91. The predicted octanol–water partition coefficient (Wildman–Crippen LogP) is 3.81. The SMILES string of the molecule is Cc1cc(C)n(Cc2cccc(-c3nc4c5ccccc5ncn4n3)c2)n1. The van der Waals surface area contributed by atoms with Crippen LogP contribution in [-0.4, -0.2) is 29.4 Å². The summed E-state index contributed by atoms with van der Waals surface area (Å²) in [7, 11) is 0. The molecule has 0 fully saturated rings. The van der Waals surface area contributed by atoms with E-state index >= 15 is 0 Å². The average molecular weight is 354 g/mol. The summed E-state index contributed by atoms with van der Waals surface area (Å²) in [5.74, 6) is 0.698. The highest BCUT2D eigenvalue weighted by Gasteiger charge is 2.11. The Labute approximate surface area is 156 Å². The van der Waals surface area contributed by atoms with Gasteiger partial charge in [0.25, 0.3) is 0 Å². The monoisotopic (exact) mass is 354 g/mol. The summed E-state index contributed by atoms with van der Waals surface area (Å²) in [5.41, 5.74) is 6.08. The number of para-hydroxylation sites is 1. The van der Waals surface area contributed by atoms with Crippen molar-refractivity contribution < 1.29 is 0 Å². The molecule has 6 heteroatoms. The first kappa shape index (κ1) is 15.7. The molecule has 0 radical (unpaired) electrons. The Kier molecular flexibility index (Phi) is 3.50. The third-order valence-electron chi connectivity index (χ3n) is 4.70. The van der Waals surface area contributed by atoms with Crippen molar-refractivity contribution in [3.8, 4) is 11.4 Å². The number of rotatable bonds is 3. The molecule has 27 heavy (non-hydrogen) atoms. The lowest BCUT2D eigenvalue weighted by atomic mass is 10.1. The largest absolute Gasteiger partial charge is 0.265 e. The van der Waals surface area contributed by atoms with Crippen LogP contribution in [0.2, 0.25) is 0 Å². The second kappa shape index (κ2) is 6.02. The van der Waals surface area contributed by atoms with Gasteiger partial charge >= 0.3 is 0 Å². The van der Waals surface area contributed by atoms with Crippen LogP contribution in [0.1, 0.15) is 17.0 Å². The number of aryl methyl sites for hydroxylation is 2. The molecule has 0 aliphatic heterocycles. The molecule has 0 saturated carbocycles. The van der Waals surface area contributed by atoms with Gasteiger partial charge in [0, 0.05) is 16.6 Å². The number of aromatic nitrogens is 6. The molecule has 0 amide bonds. The van der Waals surface area contributed by atoms with Crippen LogP contribution in [0.3, 0.4) is 0 Å². The minimum Gasteiger partial charge on any atom is -0.265 e. The summed E-state index contributed by atoms with van der Waals surface area (Å²) in [5, 5.41) is 10.2. The van der Waals surface area contributed by atoms with Gasteiger partial charge in [0.2, 0.25) is 0 Å². The average Bonchev–Trinajstić information content (AvgIpc) is 3.25. The van der Waals surface area contributed by atoms with Crippen molar-refractivity contribution in [2.24, 2.45) is 0 Å². The highest BCUT2D eigenvalue weighted by Crippen LogP contribution is 2.22. The van der Waals surface area contributed by atoms with Crippen LogP contribution < -0.4 is 0 Å². The Hall–Kier alpha value is -3.54. The van der Waals surface area contributed by atoms with Crippen molar-refractivity contribution in [2.45, 2.75) is 20.4 Å².